The summed E-state index contributed by atoms with van der Waals surface area (Å²) in [5, 5.41) is 8.20. The molecule has 1 N–H and O–H groups in total. The van der Waals surface area contributed by atoms with Gasteiger partial charge in [0.25, 0.3) is 5.91 Å². The zero-order valence-corrected chi connectivity index (χ0v) is 14.2. The summed E-state index contributed by atoms with van der Waals surface area (Å²) in [5.41, 5.74) is 3.25. The normalized spacial score (nSPS) is 12.2. The van der Waals surface area contributed by atoms with Crippen LogP contribution >= 0.6 is 11.6 Å². The van der Waals surface area contributed by atoms with Crippen molar-refractivity contribution in [2.45, 2.75) is 46.7 Å². The first-order valence-electron chi connectivity index (χ1n) is 7.52. The second kappa shape index (κ2) is 6.97. The molecule has 0 aliphatic heterocycles. The molecule has 22 heavy (non-hydrogen) atoms. The van der Waals surface area contributed by atoms with Gasteiger partial charge in [-0.25, -0.2) is 0 Å². The highest BCUT2D eigenvalue weighted by Gasteiger charge is 2.19. The highest BCUT2D eigenvalue weighted by Crippen LogP contribution is 2.19. The Morgan fingerprint density at radius 3 is 2.68 bits per heavy atom. The molecule has 0 spiro atoms. The van der Waals surface area contributed by atoms with Crippen molar-refractivity contribution >= 4 is 17.5 Å². The molecular formula is C17H22ClN3O. The van der Waals surface area contributed by atoms with E-state index in [2.05, 4.69) is 10.4 Å². The molecule has 0 fully saturated rings. The lowest BCUT2D eigenvalue weighted by Crippen LogP contribution is -2.32. The number of aryl methyl sites for hydroxylation is 1. The summed E-state index contributed by atoms with van der Waals surface area (Å²) in [6.45, 7) is 8.38. The van der Waals surface area contributed by atoms with E-state index in [1.807, 2.05) is 56.6 Å². The van der Waals surface area contributed by atoms with Gasteiger partial charge in [-0.15, -0.1) is 0 Å². The number of benzene rings is 1. The van der Waals surface area contributed by atoms with Crippen LogP contribution in [0, 0.1) is 13.8 Å². The van der Waals surface area contributed by atoms with Gasteiger partial charge in [0, 0.05) is 16.8 Å². The van der Waals surface area contributed by atoms with Crippen molar-refractivity contribution in [3.8, 4) is 0 Å². The number of nitrogens with zero attached hydrogens (tertiary/aromatic N) is 2. The van der Waals surface area contributed by atoms with Gasteiger partial charge in [0.05, 0.1) is 17.8 Å². The van der Waals surface area contributed by atoms with Crippen molar-refractivity contribution in [3.05, 3.63) is 51.8 Å². The van der Waals surface area contributed by atoms with Crippen molar-refractivity contribution in [3.63, 3.8) is 0 Å². The van der Waals surface area contributed by atoms with E-state index in [1.165, 1.54) is 0 Å². The van der Waals surface area contributed by atoms with Crippen LogP contribution in [0.25, 0.3) is 0 Å². The van der Waals surface area contributed by atoms with Gasteiger partial charge in [-0.05, 0) is 38.8 Å². The third-order valence-corrected chi connectivity index (χ3v) is 4.25. The van der Waals surface area contributed by atoms with Gasteiger partial charge < -0.3 is 5.32 Å². The molecule has 1 unspecified atom stereocenters. The van der Waals surface area contributed by atoms with Gasteiger partial charge in [-0.3, -0.25) is 9.48 Å². The third-order valence-electron chi connectivity index (χ3n) is 3.88. The van der Waals surface area contributed by atoms with Crippen LogP contribution in [0.15, 0.2) is 24.3 Å². The average Bonchev–Trinajstić information content (AvgIpc) is 2.75. The van der Waals surface area contributed by atoms with Crippen LogP contribution in [0.3, 0.4) is 0 Å². The van der Waals surface area contributed by atoms with Crippen molar-refractivity contribution in [1.29, 1.82) is 0 Å². The quantitative estimate of drug-likeness (QED) is 0.912. The van der Waals surface area contributed by atoms with Gasteiger partial charge >= 0.3 is 0 Å². The van der Waals surface area contributed by atoms with Crippen LogP contribution in [0.2, 0.25) is 5.02 Å². The average molecular weight is 320 g/mol. The fraction of sp³-hybridized carbons (Fsp3) is 0.412. The Morgan fingerprint density at radius 1 is 1.36 bits per heavy atom. The van der Waals surface area contributed by atoms with Crippen LogP contribution in [0.1, 0.15) is 47.6 Å². The van der Waals surface area contributed by atoms with E-state index in [4.69, 9.17) is 11.6 Å². The number of rotatable bonds is 5. The lowest BCUT2D eigenvalue weighted by Gasteiger charge is -2.12. The Labute approximate surface area is 136 Å². The van der Waals surface area contributed by atoms with Gasteiger partial charge in [0.2, 0.25) is 0 Å². The number of carbonyl (C=O) groups is 1. The lowest BCUT2D eigenvalue weighted by molar-refractivity contribution is 0.0938. The summed E-state index contributed by atoms with van der Waals surface area (Å²) in [7, 11) is 0. The minimum atomic E-state index is -0.0604. The molecule has 1 aromatic carbocycles. The topological polar surface area (TPSA) is 46.9 Å². The maximum absolute atomic E-state index is 12.4. The number of carbonyl (C=O) groups excluding carboxylic acids is 1. The van der Waals surface area contributed by atoms with Crippen molar-refractivity contribution < 1.29 is 4.79 Å². The molecule has 1 amide bonds. The molecule has 1 aromatic heterocycles. The first-order chi connectivity index (χ1) is 10.4. The molecule has 0 radical (unpaired) electrons. The molecule has 0 aliphatic carbocycles. The van der Waals surface area contributed by atoms with Crippen LogP contribution in [-0.2, 0) is 6.54 Å². The molecule has 2 rings (SSSR count). The number of aromatic nitrogens is 2. The van der Waals surface area contributed by atoms with Crippen molar-refractivity contribution in [1.82, 2.24) is 15.1 Å². The number of hydrogen-bond donors (Lipinski definition) is 1. The largest absolute Gasteiger partial charge is 0.349 e. The van der Waals surface area contributed by atoms with Crippen LogP contribution in [0.5, 0.6) is 0 Å². The summed E-state index contributed by atoms with van der Waals surface area (Å²) in [6, 6.07) is 7.83. The predicted molar refractivity (Wildman–Crippen MR) is 89.5 cm³/mol. The standard InChI is InChI=1S/C17H22ClN3O/c1-5-11(2)19-17(22)16-12(3)20-21(13(16)4)10-14-8-6-7-9-15(14)18/h6-9,11H,5,10H2,1-4H3,(H,19,22). The molecule has 5 heteroatoms. The maximum Gasteiger partial charge on any atom is 0.255 e. The van der Waals surface area contributed by atoms with Gasteiger partial charge in [0.15, 0.2) is 0 Å². The Balaban J connectivity index is 2.27. The molecule has 0 saturated heterocycles. The summed E-state index contributed by atoms with van der Waals surface area (Å²) >= 11 is 6.20. The molecule has 118 valence electrons. The van der Waals surface area contributed by atoms with E-state index < -0.39 is 0 Å². The molecule has 0 aliphatic rings. The van der Waals surface area contributed by atoms with Crippen LogP contribution in [-0.4, -0.2) is 21.7 Å². The van der Waals surface area contributed by atoms with Crippen LogP contribution < -0.4 is 5.32 Å². The van der Waals surface area contributed by atoms with E-state index in [1.54, 1.807) is 0 Å². The summed E-state index contributed by atoms with van der Waals surface area (Å²) in [4.78, 5) is 12.4. The highest BCUT2D eigenvalue weighted by atomic mass is 35.5. The zero-order chi connectivity index (χ0) is 16.3. The molecule has 1 atom stereocenters. The summed E-state index contributed by atoms with van der Waals surface area (Å²) in [5.74, 6) is -0.0604. The Kier molecular flexibility index (Phi) is 5.24. The highest BCUT2D eigenvalue weighted by molar-refractivity contribution is 6.31. The van der Waals surface area contributed by atoms with Crippen molar-refractivity contribution in [2.75, 3.05) is 0 Å². The first kappa shape index (κ1) is 16.6. The molecular weight excluding hydrogens is 298 g/mol. The van der Waals surface area contributed by atoms with Gasteiger partial charge in [0.1, 0.15) is 0 Å². The molecule has 4 nitrogen and oxygen atoms in total. The number of amides is 1. The fourth-order valence-electron chi connectivity index (χ4n) is 2.37. The molecule has 0 saturated carbocycles. The summed E-state index contributed by atoms with van der Waals surface area (Å²) in [6.07, 6.45) is 0.900. The third kappa shape index (κ3) is 3.50. The molecule has 2 aromatic rings. The fourth-order valence-corrected chi connectivity index (χ4v) is 2.56. The van der Waals surface area contributed by atoms with E-state index in [0.717, 1.165) is 23.4 Å². The second-order valence-electron chi connectivity index (χ2n) is 5.58. The van der Waals surface area contributed by atoms with Crippen LogP contribution in [0.4, 0.5) is 0 Å². The summed E-state index contributed by atoms with van der Waals surface area (Å²) < 4.78 is 1.84. The van der Waals surface area contributed by atoms with E-state index in [0.29, 0.717) is 17.1 Å². The first-order valence-corrected chi connectivity index (χ1v) is 7.90. The Bertz CT molecular complexity index is 679. The minimum Gasteiger partial charge on any atom is -0.349 e. The van der Waals surface area contributed by atoms with Crippen molar-refractivity contribution in [2.24, 2.45) is 0 Å². The molecule has 1 heterocycles. The van der Waals surface area contributed by atoms with E-state index in [-0.39, 0.29) is 11.9 Å². The molecule has 0 bridgehead atoms. The lowest BCUT2D eigenvalue weighted by atomic mass is 10.1. The van der Waals surface area contributed by atoms with Gasteiger partial charge in [-0.1, -0.05) is 36.7 Å². The van der Waals surface area contributed by atoms with E-state index in [9.17, 15) is 4.79 Å². The SMILES string of the molecule is CCC(C)NC(=O)c1c(C)nn(Cc2ccccc2Cl)c1C. The smallest absolute Gasteiger partial charge is 0.255 e. The zero-order valence-electron chi connectivity index (χ0n) is 13.5. The van der Waals surface area contributed by atoms with Gasteiger partial charge in [-0.2, -0.15) is 5.10 Å². The predicted octanol–water partition coefficient (Wildman–Crippen LogP) is 3.73. The maximum atomic E-state index is 12.4. The number of hydrogen-bond acceptors (Lipinski definition) is 2. The van der Waals surface area contributed by atoms with E-state index >= 15 is 0 Å². The second-order valence-corrected chi connectivity index (χ2v) is 5.98. The number of halogens is 1. The number of nitrogens with one attached hydrogen (secondary N) is 1. The Hall–Kier alpha value is -1.81. The minimum absolute atomic E-state index is 0.0604. The monoisotopic (exact) mass is 319 g/mol. The Morgan fingerprint density at radius 2 is 2.05 bits per heavy atom.